The minimum absolute atomic E-state index is 0.174. The van der Waals surface area contributed by atoms with E-state index in [1.54, 1.807) is 0 Å². The van der Waals surface area contributed by atoms with Gasteiger partial charge in [0, 0.05) is 50.5 Å². The highest BCUT2D eigenvalue weighted by Gasteiger charge is 2.40. The summed E-state index contributed by atoms with van der Waals surface area (Å²) in [6.07, 6.45) is -4.36. The highest BCUT2D eigenvalue weighted by molar-refractivity contribution is 5.78. The van der Waals surface area contributed by atoms with Gasteiger partial charge in [0.2, 0.25) is 5.91 Å². The standard InChI is InChI=1S/C19H30N4O2.2C2HF3O2/c1-21(2)14-18(24)23-8-5-19(6-9-23)15-22(10-11-25-16-19)13-17-4-3-7-20-12-17;2*3-2(4,5)1(6)7/h3-4,7,12H,5-6,8-11,13-16H2,1-2H3;2*(H,6,7). The zero-order valence-corrected chi connectivity index (χ0v) is 21.5. The van der Waals surface area contributed by atoms with E-state index in [0.29, 0.717) is 6.54 Å². The zero-order valence-electron chi connectivity index (χ0n) is 21.5. The highest BCUT2D eigenvalue weighted by atomic mass is 19.4. The molecule has 0 atom stereocenters. The fourth-order valence-corrected chi connectivity index (χ4v) is 3.87. The molecule has 0 unspecified atom stereocenters. The normalized spacial score (nSPS) is 17.8. The number of halogens is 6. The summed E-state index contributed by atoms with van der Waals surface area (Å²) >= 11 is 0. The van der Waals surface area contributed by atoms with Gasteiger partial charge in [0.05, 0.1) is 19.8 Å². The second kappa shape index (κ2) is 15.0. The fourth-order valence-electron chi connectivity index (χ4n) is 3.87. The second-order valence-corrected chi connectivity index (χ2v) is 9.35. The summed E-state index contributed by atoms with van der Waals surface area (Å²) in [5, 5.41) is 14.2. The molecule has 0 aromatic carbocycles. The van der Waals surface area contributed by atoms with Crippen molar-refractivity contribution >= 4 is 17.8 Å². The number of ether oxygens (including phenoxy) is 1. The number of hydrogen-bond acceptors (Lipinski definition) is 7. The minimum Gasteiger partial charge on any atom is -0.475 e. The summed E-state index contributed by atoms with van der Waals surface area (Å²) in [7, 11) is 3.89. The molecule has 0 radical (unpaired) electrons. The van der Waals surface area contributed by atoms with Crippen molar-refractivity contribution in [1.82, 2.24) is 19.7 Å². The molecule has 0 saturated carbocycles. The Bertz CT molecular complexity index is 898. The molecule has 222 valence electrons. The van der Waals surface area contributed by atoms with Gasteiger partial charge in [0.25, 0.3) is 0 Å². The molecular weight excluding hydrogens is 542 g/mol. The predicted molar refractivity (Wildman–Crippen MR) is 125 cm³/mol. The lowest BCUT2D eigenvalue weighted by atomic mass is 9.78. The molecule has 2 aliphatic heterocycles. The summed E-state index contributed by atoms with van der Waals surface area (Å²) in [4.78, 5) is 40.7. The molecule has 3 rings (SSSR count). The number of aliphatic carboxylic acids is 2. The molecule has 3 heterocycles. The van der Waals surface area contributed by atoms with Gasteiger partial charge < -0.3 is 24.7 Å². The van der Waals surface area contributed by atoms with E-state index in [9.17, 15) is 31.1 Å². The molecule has 1 aromatic rings. The maximum absolute atomic E-state index is 12.3. The van der Waals surface area contributed by atoms with Gasteiger partial charge in [-0.3, -0.25) is 14.7 Å². The van der Waals surface area contributed by atoms with E-state index in [0.717, 1.165) is 58.8 Å². The molecule has 2 N–H and O–H groups in total. The minimum atomic E-state index is -5.08. The average molecular weight is 575 g/mol. The van der Waals surface area contributed by atoms with E-state index in [4.69, 9.17) is 24.5 Å². The van der Waals surface area contributed by atoms with Crippen molar-refractivity contribution in [2.45, 2.75) is 31.7 Å². The number of alkyl halides is 6. The number of likely N-dealkylation sites (tertiary alicyclic amines) is 1. The maximum Gasteiger partial charge on any atom is 0.490 e. The number of piperidine rings is 1. The third-order valence-electron chi connectivity index (χ3n) is 5.76. The molecule has 2 saturated heterocycles. The molecule has 16 heteroatoms. The Hall–Kier alpha value is -2.98. The van der Waals surface area contributed by atoms with Crippen molar-refractivity contribution in [3.05, 3.63) is 30.1 Å². The van der Waals surface area contributed by atoms with Crippen molar-refractivity contribution in [3.63, 3.8) is 0 Å². The SMILES string of the molecule is CN(C)CC(=O)N1CCC2(CC1)COCCN(Cc1cccnc1)C2.O=C(O)C(F)(F)F.O=C(O)C(F)(F)F. The van der Waals surface area contributed by atoms with Crippen molar-refractivity contribution < 1.29 is 55.7 Å². The Morgan fingerprint density at radius 1 is 1.03 bits per heavy atom. The first kappa shape index (κ1) is 34.0. The predicted octanol–water partition coefficient (Wildman–Crippen LogP) is 2.35. The van der Waals surface area contributed by atoms with Gasteiger partial charge >= 0.3 is 24.3 Å². The number of carbonyl (C=O) groups excluding carboxylic acids is 1. The van der Waals surface area contributed by atoms with E-state index in [-0.39, 0.29) is 11.3 Å². The molecule has 0 bridgehead atoms. The molecule has 1 spiro atoms. The molecular formula is C23H32F6N4O6. The summed E-state index contributed by atoms with van der Waals surface area (Å²) in [5.41, 5.74) is 1.42. The van der Waals surface area contributed by atoms with Crippen LogP contribution >= 0.6 is 0 Å². The van der Waals surface area contributed by atoms with Crippen molar-refractivity contribution in [2.75, 3.05) is 60.0 Å². The zero-order chi connectivity index (χ0) is 29.9. The number of aromatic nitrogens is 1. The van der Waals surface area contributed by atoms with Gasteiger partial charge in [-0.1, -0.05) is 6.07 Å². The van der Waals surface area contributed by atoms with Crippen molar-refractivity contribution in [2.24, 2.45) is 5.41 Å². The molecule has 0 aliphatic carbocycles. The Morgan fingerprint density at radius 3 is 2.00 bits per heavy atom. The number of nitrogens with zero attached hydrogens (tertiary/aromatic N) is 4. The number of amides is 1. The maximum atomic E-state index is 12.3. The van der Waals surface area contributed by atoms with Crippen LogP contribution < -0.4 is 0 Å². The van der Waals surface area contributed by atoms with E-state index in [1.807, 2.05) is 42.4 Å². The third kappa shape index (κ3) is 13.1. The lowest BCUT2D eigenvalue weighted by Crippen LogP contribution is -2.50. The largest absolute Gasteiger partial charge is 0.490 e. The van der Waals surface area contributed by atoms with E-state index < -0.39 is 24.3 Å². The van der Waals surface area contributed by atoms with Crippen LogP contribution in [0, 0.1) is 5.41 Å². The molecule has 10 nitrogen and oxygen atoms in total. The number of carboxylic acids is 2. The lowest BCUT2D eigenvalue weighted by Gasteiger charge is -2.42. The lowest BCUT2D eigenvalue weighted by molar-refractivity contribution is -0.193. The van der Waals surface area contributed by atoms with Gasteiger partial charge in [0.15, 0.2) is 0 Å². The number of pyridine rings is 1. The van der Waals surface area contributed by atoms with E-state index in [1.165, 1.54) is 5.56 Å². The Labute approximate surface area is 221 Å². The van der Waals surface area contributed by atoms with Crippen LogP contribution in [0.2, 0.25) is 0 Å². The Morgan fingerprint density at radius 2 is 1.56 bits per heavy atom. The quantitative estimate of drug-likeness (QED) is 0.522. The van der Waals surface area contributed by atoms with E-state index in [2.05, 4.69) is 16.0 Å². The Balaban J connectivity index is 0.000000449. The summed E-state index contributed by atoms with van der Waals surface area (Å²) < 4.78 is 69.4. The second-order valence-electron chi connectivity index (χ2n) is 9.35. The van der Waals surface area contributed by atoms with Crippen LogP contribution in [-0.2, 0) is 25.7 Å². The number of hydrogen-bond donors (Lipinski definition) is 2. The van der Waals surface area contributed by atoms with E-state index >= 15 is 0 Å². The van der Waals surface area contributed by atoms with Gasteiger partial charge in [0.1, 0.15) is 0 Å². The summed E-state index contributed by atoms with van der Waals surface area (Å²) in [6.45, 7) is 6.70. The monoisotopic (exact) mass is 574 g/mol. The molecule has 1 amide bonds. The molecule has 2 fully saturated rings. The smallest absolute Gasteiger partial charge is 0.475 e. The average Bonchev–Trinajstić information content (AvgIpc) is 3.01. The fraction of sp³-hybridized carbons (Fsp3) is 0.652. The third-order valence-corrected chi connectivity index (χ3v) is 5.76. The van der Waals surface area contributed by atoms with Crippen LogP contribution in [0.15, 0.2) is 24.5 Å². The number of carboxylic acid groups (broad SMARTS) is 2. The van der Waals surface area contributed by atoms with Gasteiger partial charge in [-0.2, -0.15) is 26.3 Å². The first-order valence-electron chi connectivity index (χ1n) is 11.7. The van der Waals surface area contributed by atoms with Gasteiger partial charge in [-0.05, 0) is 38.6 Å². The first-order chi connectivity index (χ1) is 17.9. The number of likely N-dealkylation sites (N-methyl/N-ethyl adjacent to an activating group) is 1. The van der Waals surface area contributed by atoms with Crippen LogP contribution in [-0.4, -0.2) is 120 Å². The summed E-state index contributed by atoms with van der Waals surface area (Å²) in [5.74, 6) is -5.28. The van der Waals surface area contributed by atoms with Crippen LogP contribution in [0.1, 0.15) is 18.4 Å². The first-order valence-corrected chi connectivity index (χ1v) is 11.7. The topological polar surface area (TPSA) is 124 Å². The number of carbonyl (C=O) groups is 3. The summed E-state index contributed by atoms with van der Waals surface area (Å²) in [6, 6.07) is 4.13. The molecule has 1 aromatic heterocycles. The molecule has 2 aliphatic rings. The van der Waals surface area contributed by atoms with Crippen LogP contribution in [0.25, 0.3) is 0 Å². The van der Waals surface area contributed by atoms with Crippen LogP contribution in [0.5, 0.6) is 0 Å². The number of rotatable bonds is 4. The van der Waals surface area contributed by atoms with Crippen molar-refractivity contribution in [1.29, 1.82) is 0 Å². The van der Waals surface area contributed by atoms with Gasteiger partial charge in [-0.15, -0.1) is 0 Å². The Kier molecular flexibility index (Phi) is 13.1. The molecule has 39 heavy (non-hydrogen) atoms. The van der Waals surface area contributed by atoms with Crippen LogP contribution in [0.4, 0.5) is 26.3 Å². The highest BCUT2D eigenvalue weighted by Crippen LogP contribution is 2.34. The van der Waals surface area contributed by atoms with Crippen LogP contribution in [0.3, 0.4) is 0 Å². The van der Waals surface area contributed by atoms with Gasteiger partial charge in [-0.25, -0.2) is 9.59 Å². The van der Waals surface area contributed by atoms with Crippen molar-refractivity contribution in [3.8, 4) is 0 Å².